The van der Waals surface area contributed by atoms with E-state index in [1.165, 1.54) is 37.0 Å². The van der Waals surface area contributed by atoms with Crippen molar-refractivity contribution in [3.8, 4) is 0 Å². The molecule has 0 aliphatic carbocycles. The summed E-state index contributed by atoms with van der Waals surface area (Å²) in [5.74, 6) is 0.646. The van der Waals surface area contributed by atoms with Crippen LogP contribution in [0.4, 0.5) is 17.2 Å². The number of hydrogen-bond acceptors (Lipinski definition) is 8. The number of nitrogens with one attached hydrogen (secondary N) is 2. The molecule has 0 radical (unpaired) electrons. The molecule has 0 amide bonds. The number of hydrogen-bond donors (Lipinski definition) is 2. The minimum atomic E-state index is -3.86. The molecule has 3 aromatic heterocycles. The van der Waals surface area contributed by atoms with Crippen LogP contribution < -0.4 is 21.3 Å². The summed E-state index contributed by atoms with van der Waals surface area (Å²) in [7, 11) is -0.930. The van der Waals surface area contributed by atoms with Gasteiger partial charge < -0.3 is 5.32 Å². The number of sulfonamides is 1. The van der Waals surface area contributed by atoms with Gasteiger partial charge in [-0.1, -0.05) is 0 Å². The Labute approximate surface area is 188 Å². The Morgan fingerprint density at radius 1 is 0.939 bits per heavy atom. The number of nitrogens with zero attached hydrogens (tertiary/aromatic N) is 5. The molecule has 170 valence electrons. The van der Waals surface area contributed by atoms with Crippen LogP contribution in [0.3, 0.4) is 0 Å². The summed E-state index contributed by atoms with van der Waals surface area (Å²) in [5, 5.41) is 3.35. The lowest BCUT2D eigenvalue weighted by Gasteiger charge is -2.13. The summed E-state index contributed by atoms with van der Waals surface area (Å²) in [6.45, 7) is 3.43. The average molecular weight is 468 g/mol. The number of fused-ring (bicyclic) bond motifs is 1. The van der Waals surface area contributed by atoms with E-state index in [1.807, 2.05) is 0 Å². The number of aromatic nitrogens is 5. The topological polar surface area (TPSA) is 141 Å². The number of anilines is 3. The van der Waals surface area contributed by atoms with Gasteiger partial charge in [0, 0.05) is 37.7 Å². The Morgan fingerprint density at radius 3 is 2.30 bits per heavy atom. The molecular weight excluding hydrogens is 446 g/mol. The summed E-state index contributed by atoms with van der Waals surface area (Å²) >= 11 is 0. The normalized spacial score (nSPS) is 11.5. The maximum absolute atomic E-state index is 12.7. The summed E-state index contributed by atoms with van der Waals surface area (Å²) < 4.78 is 30.2. The van der Waals surface area contributed by atoms with Crippen LogP contribution in [0.5, 0.6) is 0 Å². The summed E-state index contributed by atoms with van der Waals surface area (Å²) in [5.41, 5.74) is 0.915. The van der Waals surface area contributed by atoms with Crippen LogP contribution in [0.15, 0.2) is 57.1 Å². The van der Waals surface area contributed by atoms with E-state index in [1.54, 1.807) is 38.1 Å². The maximum Gasteiger partial charge on any atom is 0.332 e. The molecule has 0 atom stereocenters. The molecule has 12 heteroatoms. The van der Waals surface area contributed by atoms with Gasteiger partial charge in [0.15, 0.2) is 5.65 Å². The quantitative estimate of drug-likeness (QED) is 0.451. The van der Waals surface area contributed by atoms with Gasteiger partial charge in [-0.15, -0.1) is 0 Å². The summed E-state index contributed by atoms with van der Waals surface area (Å²) in [6.07, 6.45) is 1.48. The van der Waals surface area contributed by atoms with Crippen molar-refractivity contribution < 1.29 is 8.42 Å². The van der Waals surface area contributed by atoms with Gasteiger partial charge in [-0.2, -0.15) is 0 Å². The fourth-order valence-electron chi connectivity index (χ4n) is 3.43. The van der Waals surface area contributed by atoms with E-state index in [0.29, 0.717) is 22.9 Å². The second-order valence-corrected chi connectivity index (χ2v) is 9.14. The van der Waals surface area contributed by atoms with Crippen molar-refractivity contribution in [2.24, 2.45) is 14.1 Å². The highest BCUT2D eigenvalue weighted by molar-refractivity contribution is 7.92. The lowest BCUT2D eigenvalue weighted by atomic mass is 10.2. The maximum atomic E-state index is 12.7. The molecule has 0 unspecified atom stereocenters. The predicted molar refractivity (Wildman–Crippen MR) is 124 cm³/mol. The number of aryl methyl sites for hydroxylation is 3. The molecule has 0 fully saturated rings. The molecule has 33 heavy (non-hydrogen) atoms. The van der Waals surface area contributed by atoms with Gasteiger partial charge in [-0.25, -0.2) is 28.2 Å². The van der Waals surface area contributed by atoms with Gasteiger partial charge in [0.05, 0.1) is 10.6 Å². The highest BCUT2D eigenvalue weighted by Gasteiger charge is 2.17. The molecule has 0 spiro atoms. The van der Waals surface area contributed by atoms with Crippen LogP contribution in [0.25, 0.3) is 11.0 Å². The van der Waals surface area contributed by atoms with Crippen LogP contribution in [0.2, 0.25) is 0 Å². The molecule has 0 aliphatic heterocycles. The summed E-state index contributed by atoms with van der Waals surface area (Å²) in [4.78, 5) is 37.3. The zero-order valence-electron chi connectivity index (χ0n) is 18.3. The van der Waals surface area contributed by atoms with Crippen LogP contribution in [0, 0.1) is 13.8 Å². The van der Waals surface area contributed by atoms with Gasteiger partial charge in [0.25, 0.3) is 15.6 Å². The van der Waals surface area contributed by atoms with Gasteiger partial charge in [0.1, 0.15) is 17.0 Å². The standard InChI is InChI=1S/C21H21N7O4S/c1-12-11-17(24-13(2)23-12)26-33(31,32)15-7-5-14(6-8-15)25-16-9-10-22-19-18(16)20(29)28(4)21(30)27(19)3/h5-11H,1-4H3,(H,22,25)(H,23,24,26). The number of rotatable bonds is 5. The minimum Gasteiger partial charge on any atom is -0.355 e. The molecule has 0 saturated carbocycles. The second-order valence-electron chi connectivity index (χ2n) is 7.46. The third-order valence-corrected chi connectivity index (χ3v) is 6.36. The highest BCUT2D eigenvalue weighted by Crippen LogP contribution is 2.23. The molecule has 0 aliphatic rings. The Balaban J connectivity index is 1.65. The molecule has 1 aromatic carbocycles. The van der Waals surface area contributed by atoms with Gasteiger partial charge >= 0.3 is 5.69 Å². The lowest BCUT2D eigenvalue weighted by Crippen LogP contribution is -2.37. The van der Waals surface area contributed by atoms with Crippen molar-refractivity contribution in [3.63, 3.8) is 0 Å². The van der Waals surface area contributed by atoms with Crippen molar-refractivity contribution in [2.75, 3.05) is 10.0 Å². The van der Waals surface area contributed by atoms with E-state index in [-0.39, 0.29) is 21.7 Å². The first kappa shape index (κ1) is 22.1. The van der Waals surface area contributed by atoms with Gasteiger partial charge in [-0.3, -0.25) is 18.7 Å². The zero-order valence-corrected chi connectivity index (χ0v) is 19.1. The van der Waals surface area contributed by atoms with E-state index in [9.17, 15) is 18.0 Å². The van der Waals surface area contributed by atoms with Gasteiger partial charge in [-0.05, 0) is 44.2 Å². The fraction of sp³-hybridized carbons (Fsp3) is 0.190. The predicted octanol–water partition coefficient (Wildman–Crippen LogP) is 1.58. The molecule has 11 nitrogen and oxygen atoms in total. The average Bonchev–Trinajstić information content (AvgIpc) is 2.75. The Kier molecular flexibility index (Phi) is 5.46. The monoisotopic (exact) mass is 467 g/mol. The molecule has 3 heterocycles. The third kappa shape index (κ3) is 4.20. The van der Waals surface area contributed by atoms with Crippen molar-refractivity contribution in [3.05, 3.63) is 75.0 Å². The first-order valence-corrected chi connectivity index (χ1v) is 11.3. The van der Waals surface area contributed by atoms with Crippen LogP contribution >= 0.6 is 0 Å². The first-order chi connectivity index (χ1) is 15.6. The van der Waals surface area contributed by atoms with E-state index >= 15 is 0 Å². The third-order valence-electron chi connectivity index (χ3n) is 4.99. The molecule has 2 N–H and O–H groups in total. The fourth-order valence-corrected chi connectivity index (χ4v) is 4.42. The van der Waals surface area contributed by atoms with Crippen molar-refractivity contribution in [1.82, 2.24) is 24.1 Å². The Bertz CT molecular complexity index is 1590. The molecule has 0 bridgehead atoms. The van der Waals surface area contributed by atoms with Crippen LogP contribution in [-0.4, -0.2) is 32.5 Å². The largest absolute Gasteiger partial charge is 0.355 e. The summed E-state index contributed by atoms with van der Waals surface area (Å²) in [6, 6.07) is 9.17. The molecular formula is C21H21N7O4S. The Hall–Kier alpha value is -4.06. The zero-order chi connectivity index (χ0) is 23.9. The first-order valence-electron chi connectivity index (χ1n) is 9.84. The smallest absolute Gasteiger partial charge is 0.332 e. The van der Waals surface area contributed by atoms with Crippen molar-refractivity contribution in [2.45, 2.75) is 18.7 Å². The van der Waals surface area contributed by atoms with E-state index < -0.39 is 21.3 Å². The highest BCUT2D eigenvalue weighted by atomic mass is 32.2. The second kappa shape index (κ2) is 8.13. The van der Waals surface area contributed by atoms with E-state index in [2.05, 4.69) is 25.0 Å². The Morgan fingerprint density at radius 2 is 1.64 bits per heavy atom. The van der Waals surface area contributed by atoms with Crippen molar-refractivity contribution in [1.29, 1.82) is 0 Å². The van der Waals surface area contributed by atoms with E-state index in [0.717, 1.165) is 4.57 Å². The van der Waals surface area contributed by atoms with Crippen LogP contribution in [0.1, 0.15) is 11.5 Å². The minimum absolute atomic E-state index is 0.0415. The van der Waals surface area contributed by atoms with Gasteiger partial charge in [0.2, 0.25) is 0 Å². The SMILES string of the molecule is Cc1cc(NS(=O)(=O)c2ccc(Nc3ccnc4c3c(=O)n(C)c(=O)n4C)cc2)nc(C)n1. The van der Waals surface area contributed by atoms with E-state index in [4.69, 9.17) is 0 Å². The molecule has 0 saturated heterocycles. The molecule has 4 aromatic rings. The number of pyridine rings is 1. The number of benzene rings is 1. The molecule has 4 rings (SSSR count). The van der Waals surface area contributed by atoms with Crippen molar-refractivity contribution >= 4 is 38.2 Å². The lowest BCUT2D eigenvalue weighted by molar-refractivity contribution is 0.601. The van der Waals surface area contributed by atoms with Crippen LogP contribution in [-0.2, 0) is 24.1 Å².